The van der Waals surface area contributed by atoms with Crippen LogP contribution in [0.1, 0.15) is 22.8 Å². The number of amides is 1. The van der Waals surface area contributed by atoms with E-state index in [2.05, 4.69) is 10.7 Å². The Bertz CT molecular complexity index is 949. The first-order valence-corrected chi connectivity index (χ1v) is 9.50. The van der Waals surface area contributed by atoms with Crippen molar-refractivity contribution in [2.24, 2.45) is 0 Å². The number of thiophene rings is 1. The van der Waals surface area contributed by atoms with Crippen molar-refractivity contribution in [3.8, 4) is 22.6 Å². The largest absolute Gasteiger partial charge is 0.454 e. The molecule has 0 saturated carbocycles. The minimum atomic E-state index is -1.23. The number of fused-ring (bicyclic) bond motifs is 1. The molecule has 2 N–H and O–H groups in total. The minimum absolute atomic E-state index is 0.0811. The maximum atomic E-state index is 12.4. The van der Waals surface area contributed by atoms with E-state index in [1.165, 1.54) is 0 Å². The number of rotatable bonds is 5. The summed E-state index contributed by atoms with van der Waals surface area (Å²) in [5, 5.41) is 17.7. The van der Waals surface area contributed by atoms with Gasteiger partial charge in [-0.25, -0.2) is 0 Å². The lowest BCUT2D eigenvalue weighted by Crippen LogP contribution is -2.38. The van der Waals surface area contributed by atoms with Crippen LogP contribution in [0.25, 0.3) is 11.1 Å². The zero-order chi connectivity index (χ0) is 18.9. The van der Waals surface area contributed by atoms with Gasteiger partial charge >= 0.3 is 0 Å². The molecule has 3 aromatic rings. The van der Waals surface area contributed by atoms with E-state index in [-0.39, 0.29) is 19.2 Å². The number of ether oxygens (including phenoxy) is 2. The van der Waals surface area contributed by atoms with Gasteiger partial charge in [0, 0.05) is 5.56 Å². The highest BCUT2D eigenvalue weighted by atomic mass is 32.1. The van der Waals surface area contributed by atoms with Crippen molar-refractivity contribution < 1.29 is 19.4 Å². The maximum Gasteiger partial charge on any atom is 0.251 e. The summed E-state index contributed by atoms with van der Waals surface area (Å²) in [5.74, 6) is 1.03. The Hall–Kier alpha value is -2.83. The SMILES string of the molecule is C[C@](O)(CNC(=O)c1ccc(-c2ccsc2)cc1)c1ccc2c(c1)OCO2. The molecular weight excluding hydrogens is 362 g/mol. The van der Waals surface area contributed by atoms with Gasteiger partial charge in [-0.2, -0.15) is 11.3 Å². The van der Waals surface area contributed by atoms with E-state index in [4.69, 9.17) is 9.47 Å². The molecule has 0 bridgehead atoms. The van der Waals surface area contributed by atoms with Crippen LogP contribution in [-0.4, -0.2) is 24.4 Å². The van der Waals surface area contributed by atoms with Gasteiger partial charge in [-0.1, -0.05) is 18.2 Å². The summed E-state index contributed by atoms with van der Waals surface area (Å²) in [6.07, 6.45) is 0. The molecule has 1 aliphatic rings. The number of aliphatic hydroxyl groups is 1. The second-order valence-corrected chi connectivity index (χ2v) is 7.39. The van der Waals surface area contributed by atoms with Gasteiger partial charge in [0.25, 0.3) is 5.91 Å². The molecule has 1 amide bonds. The molecule has 2 aromatic carbocycles. The Kier molecular flexibility index (Phi) is 4.59. The Morgan fingerprint density at radius 1 is 1.11 bits per heavy atom. The fourth-order valence-electron chi connectivity index (χ4n) is 2.93. The van der Waals surface area contributed by atoms with E-state index in [1.807, 2.05) is 23.6 Å². The van der Waals surface area contributed by atoms with Crippen LogP contribution in [-0.2, 0) is 5.60 Å². The lowest BCUT2D eigenvalue weighted by molar-refractivity contribution is 0.0525. The maximum absolute atomic E-state index is 12.4. The molecular formula is C21H19NO4S. The molecule has 0 saturated heterocycles. The number of hydrogen-bond acceptors (Lipinski definition) is 5. The number of benzene rings is 2. The van der Waals surface area contributed by atoms with Crippen LogP contribution < -0.4 is 14.8 Å². The first-order chi connectivity index (χ1) is 13.0. The predicted octanol–water partition coefficient (Wildman–Crippen LogP) is 3.78. The summed E-state index contributed by atoms with van der Waals surface area (Å²) in [7, 11) is 0. The third-order valence-electron chi connectivity index (χ3n) is 4.59. The van der Waals surface area contributed by atoms with E-state index in [9.17, 15) is 9.90 Å². The summed E-state index contributed by atoms with van der Waals surface area (Å²) in [6.45, 7) is 1.92. The standard InChI is InChI=1S/C21H19NO4S/c1-21(24,17-6-7-18-19(10-17)26-13-25-18)12-22-20(23)15-4-2-14(3-5-15)16-8-9-27-11-16/h2-11,24H,12-13H2,1H3,(H,22,23)/t21-/m0/s1. The van der Waals surface area contributed by atoms with Crippen molar-refractivity contribution >= 4 is 17.2 Å². The van der Waals surface area contributed by atoms with Crippen molar-refractivity contribution in [2.75, 3.05) is 13.3 Å². The second kappa shape index (κ2) is 7.06. The normalized spacial score (nSPS) is 14.6. The third-order valence-corrected chi connectivity index (χ3v) is 5.27. The Labute approximate surface area is 161 Å². The number of carbonyl (C=O) groups excluding carboxylic acids is 1. The first kappa shape index (κ1) is 17.6. The molecule has 1 atom stereocenters. The first-order valence-electron chi connectivity index (χ1n) is 8.56. The van der Waals surface area contributed by atoms with Crippen LogP contribution in [0.15, 0.2) is 59.3 Å². The molecule has 0 unspecified atom stereocenters. The van der Waals surface area contributed by atoms with E-state index < -0.39 is 5.60 Å². The molecule has 4 rings (SSSR count). The molecule has 0 radical (unpaired) electrons. The highest BCUT2D eigenvalue weighted by molar-refractivity contribution is 7.08. The van der Waals surface area contributed by atoms with Crippen LogP contribution in [0.5, 0.6) is 11.5 Å². The van der Waals surface area contributed by atoms with Crippen molar-refractivity contribution in [1.29, 1.82) is 0 Å². The fourth-order valence-corrected chi connectivity index (χ4v) is 3.60. The van der Waals surface area contributed by atoms with Crippen LogP contribution in [0.2, 0.25) is 0 Å². The Balaban J connectivity index is 1.42. The third kappa shape index (κ3) is 3.67. The molecule has 1 aliphatic heterocycles. The van der Waals surface area contributed by atoms with Gasteiger partial charge < -0.3 is 19.9 Å². The number of nitrogens with one attached hydrogen (secondary N) is 1. The van der Waals surface area contributed by atoms with E-state index >= 15 is 0 Å². The highest BCUT2D eigenvalue weighted by Gasteiger charge is 2.26. The zero-order valence-corrected chi connectivity index (χ0v) is 15.6. The summed E-state index contributed by atoms with van der Waals surface area (Å²) >= 11 is 1.64. The van der Waals surface area contributed by atoms with Crippen LogP contribution >= 0.6 is 11.3 Å². The van der Waals surface area contributed by atoms with Crippen LogP contribution in [0, 0.1) is 0 Å². The van der Waals surface area contributed by atoms with Crippen molar-refractivity contribution in [3.63, 3.8) is 0 Å². The molecule has 0 aliphatic carbocycles. The molecule has 5 nitrogen and oxygen atoms in total. The predicted molar refractivity (Wildman–Crippen MR) is 104 cm³/mol. The summed E-state index contributed by atoms with van der Waals surface area (Å²) in [5.41, 5.74) is 2.18. The van der Waals surface area contributed by atoms with Crippen LogP contribution in [0.4, 0.5) is 0 Å². The van der Waals surface area contributed by atoms with Gasteiger partial charge in [-0.05, 0) is 64.7 Å². The van der Waals surface area contributed by atoms with Crippen molar-refractivity contribution in [1.82, 2.24) is 5.32 Å². The van der Waals surface area contributed by atoms with Gasteiger partial charge in [0.1, 0.15) is 5.60 Å². The summed E-state index contributed by atoms with van der Waals surface area (Å²) in [6, 6.07) is 14.7. The molecule has 2 heterocycles. The Morgan fingerprint density at radius 3 is 2.63 bits per heavy atom. The topological polar surface area (TPSA) is 67.8 Å². The molecule has 0 spiro atoms. The van der Waals surface area contributed by atoms with Gasteiger partial charge in [0.15, 0.2) is 11.5 Å². The highest BCUT2D eigenvalue weighted by Crippen LogP contribution is 2.35. The Morgan fingerprint density at radius 2 is 1.89 bits per heavy atom. The van der Waals surface area contributed by atoms with Gasteiger partial charge in [-0.15, -0.1) is 0 Å². The van der Waals surface area contributed by atoms with Gasteiger partial charge in [-0.3, -0.25) is 4.79 Å². The summed E-state index contributed by atoms with van der Waals surface area (Å²) < 4.78 is 10.6. The second-order valence-electron chi connectivity index (χ2n) is 6.61. The molecule has 138 valence electrons. The van der Waals surface area contributed by atoms with Crippen molar-refractivity contribution in [2.45, 2.75) is 12.5 Å². The number of hydrogen-bond donors (Lipinski definition) is 2. The fraction of sp³-hybridized carbons (Fsp3) is 0.190. The summed E-state index contributed by atoms with van der Waals surface area (Å²) in [4.78, 5) is 12.4. The van der Waals surface area contributed by atoms with E-state index in [0.29, 0.717) is 22.6 Å². The lowest BCUT2D eigenvalue weighted by Gasteiger charge is -2.24. The molecule has 6 heteroatoms. The zero-order valence-electron chi connectivity index (χ0n) is 14.8. The average molecular weight is 381 g/mol. The monoisotopic (exact) mass is 381 g/mol. The minimum Gasteiger partial charge on any atom is -0.454 e. The molecule has 1 aromatic heterocycles. The molecule has 0 fully saturated rings. The molecule has 27 heavy (non-hydrogen) atoms. The quantitative estimate of drug-likeness (QED) is 0.706. The number of carbonyl (C=O) groups is 1. The van der Waals surface area contributed by atoms with E-state index in [0.717, 1.165) is 11.1 Å². The van der Waals surface area contributed by atoms with Crippen molar-refractivity contribution in [3.05, 3.63) is 70.4 Å². The van der Waals surface area contributed by atoms with E-state index in [1.54, 1.807) is 48.6 Å². The average Bonchev–Trinajstić information content (AvgIpc) is 3.37. The lowest BCUT2D eigenvalue weighted by atomic mass is 9.95. The smallest absolute Gasteiger partial charge is 0.251 e. The van der Waals surface area contributed by atoms with Crippen LogP contribution in [0.3, 0.4) is 0 Å². The van der Waals surface area contributed by atoms with Gasteiger partial charge in [0.05, 0.1) is 6.54 Å². The van der Waals surface area contributed by atoms with Gasteiger partial charge in [0.2, 0.25) is 6.79 Å².